The van der Waals surface area contributed by atoms with E-state index < -0.39 is 0 Å². The van der Waals surface area contributed by atoms with Crippen molar-refractivity contribution in [2.24, 2.45) is 0 Å². The van der Waals surface area contributed by atoms with Gasteiger partial charge in [-0.15, -0.1) is 0 Å². The monoisotopic (exact) mass is 461 g/mol. The Bertz CT molecular complexity index is 1250. The van der Waals surface area contributed by atoms with Gasteiger partial charge in [-0.3, -0.25) is 4.79 Å². The molecule has 0 radical (unpaired) electrons. The zero-order valence-electron chi connectivity index (χ0n) is 17.6. The molecule has 3 aromatic carbocycles. The lowest BCUT2D eigenvalue weighted by atomic mass is 9.88. The standard InChI is InChI=1S/C26H24ClN3OS/c27-20-13-14-24-23(15-20)29-26(30(24)16-18-7-2-1-3-8-18)32-17-25(31)28-22-12-6-10-19-9-4-5-11-21(19)22/h1-5,7-9,11,13-15,22H,6,10,12,16-17H2,(H,28,31). The topological polar surface area (TPSA) is 46.9 Å². The first-order chi connectivity index (χ1) is 15.7. The number of hydrogen-bond donors (Lipinski definition) is 1. The minimum absolute atomic E-state index is 0.0352. The molecule has 0 bridgehead atoms. The van der Waals surface area contributed by atoms with Crippen molar-refractivity contribution in [1.29, 1.82) is 0 Å². The summed E-state index contributed by atoms with van der Waals surface area (Å²) in [7, 11) is 0. The van der Waals surface area contributed by atoms with Gasteiger partial charge in [0.25, 0.3) is 0 Å². The summed E-state index contributed by atoms with van der Waals surface area (Å²) >= 11 is 7.67. The molecule has 4 aromatic rings. The van der Waals surface area contributed by atoms with E-state index in [1.807, 2.05) is 36.4 Å². The van der Waals surface area contributed by atoms with Crippen LogP contribution in [0, 0.1) is 0 Å². The fourth-order valence-corrected chi connectivity index (χ4v) is 5.37. The van der Waals surface area contributed by atoms with Gasteiger partial charge in [-0.1, -0.05) is 78.0 Å². The summed E-state index contributed by atoms with van der Waals surface area (Å²) in [6.45, 7) is 0.693. The molecule has 1 unspecified atom stereocenters. The van der Waals surface area contributed by atoms with E-state index >= 15 is 0 Å². The van der Waals surface area contributed by atoms with Gasteiger partial charge in [0.05, 0.1) is 29.4 Å². The maximum Gasteiger partial charge on any atom is 0.230 e. The van der Waals surface area contributed by atoms with E-state index in [0.717, 1.165) is 35.5 Å². The molecule has 0 spiro atoms. The van der Waals surface area contributed by atoms with Gasteiger partial charge in [-0.25, -0.2) is 4.98 Å². The lowest BCUT2D eigenvalue weighted by Gasteiger charge is -2.26. The van der Waals surface area contributed by atoms with Gasteiger partial charge < -0.3 is 9.88 Å². The van der Waals surface area contributed by atoms with Crippen molar-refractivity contribution in [3.8, 4) is 0 Å². The number of carbonyl (C=O) groups excluding carboxylic acids is 1. The molecule has 0 aliphatic heterocycles. The fourth-order valence-electron chi connectivity index (χ4n) is 4.38. The van der Waals surface area contributed by atoms with Crippen LogP contribution in [-0.2, 0) is 17.8 Å². The molecular weight excluding hydrogens is 438 g/mol. The van der Waals surface area contributed by atoms with Crippen LogP contribution in [0.5, 0.6) is 0 Å². The smallest absolute Gasteiger partial charge is 0.230 e. The van der Waals surface area contributed by atoms with Crippen molar-refractivity contribution in [3.63, 3.8) is 0 Å². The summed E-state index contributed by atoms with van der Waals surface area (Å²) in [6, 6.07) is 24.6. The Labute approximate surface area is 197 Å². The highest BCUT2D eigenvalue weighted by atomic mass is 35.5. The first-order valence-corrected chi connectivity index (χ1v) is 12.2. The van der Waals surface area contributed by atoms with Crippen LogP contribution in [0.25, 0.3) is 11.0 Å². The number of nitrogens with one attached hydrogen (secondary N) is 1. The predicted octanol–water partition coefficient (Wildman–Crippen LogP) is 6.02. The van der Waals surface area contributed by atoms with E-state index in [9.17, 15) is 4.79 Å². The number of aromatic nitrogens is 2. The molecule has 1 aliphatic rings. The summed E-state index contributed by atoms with van der Waals surface area (Å²) in [5.41, 5.74) is 5.65. The second-order valence-corrected chi connectivity index (χ2v) is 9.48. The first kappa shape index (κ1) is 21.1. The molecule has 6 heteroatoms. The van der Waals surface area contributed by atoms with Crippen LogP contribution >= 0.6 is 23.4 Å². The Morgan fingerprint density at radius 2 is 1.91 bits per heavy atom. The van der Waals surface area contributed by atoms with Crippen molar-refractivity contribution in [3.05, 3.63) is 94.5 Å². The number of benzene rings is 3. The van der Waals surface area contributed by atoms with Crippen LogP contribution in [0.15, 0.2) is 78.0 Å². The Kier molecular flexibility index (Phi) is 6.19. The summed E-state index contributed by atoms with van der Waals surface area (Å²) in [5, 5.41) is 4.72. The molecule has 4 nitrogen and oxygen atoms in total. The van der Waals surface area contributed by atoms with E-state index in [2.05, 4.69) is 46.3 Å². The van der Waals surface area contributed by atoms with Crippen LogP contribution < -0.4 is 5.32 Å². The third-order valence-corrected chi connectivity index (χ3v) is 7.11. The minimum Gasteiger partial charge on any atom is -0.349 e. The first-order valence-electron chi connectivity index (χ1n) is 10.9. The number of carbonyl (C=O) groups is 1. The normalized spacial score (nSPS) is 15.5. The molecule has 1 N–H and O–H groups in total. The zero-order valence-corrected chi connectivity index (χ0v) is 19.2. The van der Waals surface area contributed by atoms with Crippen molar-refractivity contribution < 1.29 is 4.79 Å². The van der Waals surface area contributed by atoms with Crippen molar-refractivity contribution in [2.45, 2.75) is 37.0 Å². The number of imidazole rings is 1. The molecule has 1 atom stereocenters. The van der Waals surface area contributed by atoms with E-state index in [4.69, 9.17) is 16.6 Å². The molecule has 1 heterocycles. The van der Waals surface area contributed by atoms with Gasteiger partial charge >= 0.3 is 0 Å². The average Bonchev–Trinajstić information content (AvgIpc) is 3.15. The number of amides is 1. The number of nitrogens with zero attached hydrogens (tertiary/aromatic N) is 2. The Morgan fingerprint density at radius 1 is 1.09 bits per heavy atom. The summed E-state index contributed by atoms with van der Waals surface area (Å²) in [4.78, 5) is 17.6. The Morgan fingerprint density at radius 3 is 2.78 bits per heavy atom. The highest BCUT2D eigenvalue weighted by Gasteiger charge is 2.22. The van der Waals surface area contributed by atoms with E-state index in [-0.39, 0.29) is 11.9 Å². The molecule has 32 heavy (non-hydrogen) atoms. The summed E-state index contributed by atoms with van der Waals surface area (Å²) in [5.74, 6) is 0.359. The minimum atomic E-state index is 0.0352. The molecule has 0 fully saturated rings. The van der Waals surface area contributed by atoms with Gasteiger partial charge in [-0.2, -0.15) is 0 Å². The van der Waals surface area contributed by atoms with E-state index in [0.29, 0.717) is 17.3 Å². The molecule has 1 amide bonds. The Balaban J connectivity index is 1.34. The number of rotatable bonds is 6. The van der Waals surface area contributed by atoms with Gasteiger partial charge in [0.1, 0.15) is 0 Å². The second-order valence-electron chi connectivity index (χ2n) is 8.10. The third kappa shape index (κ3) is 4.54. The number of halogens is 1. The van der Waals surface area contributed by atoms with E-state index in [1.165, 1.54) is 28.5 Å². The molecule has 1 aliphatic carbocycles. The molecule has 162 valence electrons. The number of aryl methyl sites for hydroxylation is 1. The van der Waals surface area contributed by atoms with Crippen LogP contribution in [-0.4, -0.2) is 21.2 Å². The summed E-state index contributed by atoms with van der Waals surface area (Å²) in [6.07, 6.45) is 3.17. The van der Waals surface area contributed by atoms with Crippen LogP contribution in [0.3, 0.4) is 0 Å². The number of hydrogen-bond acceptors (Lipinski definition) is 3. The molecule has 0 saturated heterocycles. The van der Waals surface area contributed by atoms with Crippen molar-refractivity contribution in [2.75, 3.05) is 5.75 Å². The fraction of sp³-hybridized carbons (Fsp3) is 0.231. The molecule has 1 aromatic heterocycles. The zero-order chi connectivity index (χ0) is 21.9. The van der Waals surface area contributed by atoms with Crippen molar-refractivity contribution in [1.82, 2.24) is 14.9 Å². The molecule has 0 saturated carbocycles. The third-order valence-electron chi connectivity index (χ3n) is 5.90. The lowest BCUT2D eigenvalue weighted by Crippen LogP contribution is -2.32. The largest absolute Gasteiger partial charge is 0.349 e. The van der Waals surface area contributed by atoms with Crippen LogP contribution in [0.1, 0.15) is 35.6 Å². The Hall–Kier alpha value is -2.76. The van der Waals surface area contributed by atoms with Gasteiger partial charge in [0.2, 0.25) is 5.91 Å². The maximum atomic E-state index is 12.8. The van der Waals surface area contributed by atoms with E-state index in [1.54, 1.807) is 0 Å². The van der Waals surface area contributed by atoms with Crippen molar-refractivity contribution >= 4 is 40.3 Å². The lowest BCUT2D eigenvalue weighted by molar-refractivity contribution is -0.119. The van der Waals surface area contributed by atoms with Crippen LogP contribution in [0.4, 0.5) is 0 Å². The number of fused-ring (bicyclic) bond motifs is 2. The molecule has 5 rings (SSSR count). The molecular formula is C26H24ClN3OS. The second kappa shape index (κ2) is 9.39. The van der Waals surface area contributed by atoms with Gasteiger partial charge in [0, 0.05) is 5.02 Å². The average molecular weight is 462 g/mol. The SMILES string of the molecule is O=C(CSc1nc2cc(Cl)ccc2n1Cc1ccccc1)NC1CCCc2ccccc21. The van der Waals surface area contributed by atoms with Gasteiger partial charge in [0.15, 0.2) is 5.16 Å². The highest BCUT2D eigenvalue weighted by Crippen LogP contribution is 2.30. The maximum absolute atomic E-state index is 12.8. The summed E-state index contributed by atoms with van der Waals surface area (Å²) < 4.78 is 2.16. The van der Waals surface area contributed by atoms with Crippen LogP contribution in [0.2, 0.25) is 5.02 Å². The number of thioether (sulfide) groups is 1. The highest BCUT2D eigenvalue weighted by molar-refractivity contribution is 7.99. The predicted molar refractivity (Wildman–Crippen MR) is 131 cm³/mol. The van der Waals surface area contributed by atoms with Gasteiger partial charge in [-0.05, 0) is 54.2 Å². The quantitative estimate of drug-likeness (QED) is 0.357.